The molecular weight excluding hydrogens is 436 g/mol. The molecule has 0 fully saturated rings. The number of carbonyl (C=O) groups excluding carboxylic acids is 1. The summed E-state index contributed by atoms with van der Waals surface area (Å²) in [7, 11) is 1.64. The Morgan fingerprint density at radius 1 is 0.829 bits per heavy atom. The van der Waals surface area contributed by atoms with Crippen LogP contribution in [0.2, 0.25) is 0 Å². The molecule has 176 valence electrons. The highest BCUT2D eigenvalue weighted by molar-refractivity contribution is 6.08. The molecule has 0 radical (unpaired) electrons. The normalized spacial score (nSPS) is 12.6. The number of rotatable bonds is 9. The number of ether oxygens (including phenoxy) is 2. The molecule has 0 N–H and O–H groups in total. The molecule has 0 aliphatic carbocycles. The third-order valence-electron chi connectivity index (χ3n) is 6.22. The van der Waals surface area contributed by atoms with Crippen LogP contribution in [-0.2, 0) is 28.8 Å². The third kappa shape index (κ3) is 5.26. The predicted molar refractivity (Wildman–Crippen MR) is 138 cm³/mol. The predicted octanol–water partition coefficient (Wildman–Crippen LogP) is 5.78. The van der Waals surface area contributed by atoms with Crippen molar-refractivity contribution >= 4 is 17.3 Å². The van der Waals surface area contributed by atoms with Crippen molar-refractivity contribution in [1.82, 2.24) is 4.98 Å². The van der Waals surface area contributed by atoms with E-state index in [9.17, 15) is 4.79 Å². The minimum absolute atomic E-state index is 0.0564. The Balaban J connectivity index is 1.39. The average molecular weight is 465 g/mol. The molecule has 1 aliphatic rings. The highest BCUT2D eigenvalue weighted by Gasteiger charge is 2.29. The fourth-order valence-corrected chi connectivity index (χ4v) is 4.43. The van der Waals surface area contributed by atoms with Gasteiger partial charge in [-0.15, -0.1) is 0 Å². The number of aryl methyl sites for hydroxylation is 2. The van der Waals surface area contributed by atoms with Crippen LogP contribution < -0.4 is 9.64 Å². The summed E-state index contributed by atoms with van der Waals surface area (Å²) in [6.45, 7) is 0.972. The number of hydrogen-bond acceptors (Lipinski definition) is 4. The molecule has 0 atom stereocenters. The van der Waals surface area contributed by atoms with Crippen LogP contribution in [0.3, 0.4) is 0 Å². The van der Waals surface area contributed by atoms with Crippen molar-refractivity contribution in [3.63, 3.8) is 0 Å². The first-order valence-corrected chi connectivity index (χ1v) is 11.9. The Bertz CT molecular complexity index is 1320. The Kier molecular flexibility index (Phi) is 6.87. The van der Waals surface area contributed by atoms with Crippen LogP contribution in [0.4, 0.5) is 11.4 Å². The number of amides is 1. The van der Waals surface area contributed by atoms with Gasteiger partial charge in [-0.3, -0.25) is 14.7 Å². The summed E-state index contributed by atoms with van der Waals surface area (Å²) in [6, 6.07) is 26.6. The number of fused-ring (bicyclic) bond motifs is 1. The summed E-state index contributed by atoms with van der Waals surface area (Å²) in [4.78, 5) is 19.3. The zero-order chi connectivity index (χ0) is 24.0. The molecule has 4 aromatic rings. The minimum Gasteiger partial charge on any atom is -0.491 e. The number of benzene rings is 3. The van der Waals surface area contributed by atoms with E-state index in [1.165, 1.54) is 11.1 Å². The number of pyridine rings is 1. The number of aromatic nitrogens is 1. The molecule has 1 aromatic heterocycles. The summed E-state index contributed by atoms with van der Waals surface area (Å²) >= 11 is 0. The molecule has 5 heteroatoms. The van der Waals surface area contributed by atoms with Crippen LogP contribution in [0.5, 0.6) is 5.75 Å². The summed E-state index contributed by atoms with van der Waals surface area (Å²) in [5.41, 5.74) is 7.35. The second kappa shape index (κ2) is 10.5. The first-order chi connectivity index (χ1) is 17.2. The average Bonchev–Trinajstić information content (AvgIpc) is 3.23. The lowest BCUT2D eigenvalue weighted by Crippen LogP contribution is -2.20. The standard InChI is InChI=1S/C30H28N2O3/c1-34-14-15-35-28-9-5-8-27(19-28)32-29-17-24(12-13-25(29)18-30(32)33)26-16-23(20-31-21-26)11-10-22-6-3-2-4-7-22/h2-9,12-13,16-17,19-21H,10-11,14-15,18H2,1H3. The Morgan fingerprint density at radius 3 is 2.54 bits per heavy atom. The summed E-state index contributed by atoms with van der Waals surface area (Å²) in [6.07, 6.45) is 6.11. The summed E-state index contributed by atoms with van der Waals surface area (Å²) in [5.74, 6) is 0.771. The monoisotopic (exact) mass is 464 g/mol. The highest BCUT2D eigenvalue weighted by Crippen LogP contribution is 2.39. The van der Waals surface area contributed by atoms with Gasteiger partial charge in [-0.1, -0.05) is 48.5 Å². The van der Waals surface area contributed by atoms with Crippen LogP contribution >= 0.6 is 0 Å². The third-order valence-corrected chi connectivity index (χ3v) is 6.22. The maximum absolute atomic E-state index is 13.0. The Labute approximate surface area is 206 Å². The lowest BCUT2D eigenvalue weighted by molar-refractivity contribution is -0.116. The van der Waals surface area contributed by atoms with Gasteiger partial charge in [0.05, 0.1) is 24.4 Å². The fraction of sp³-hybridized carbons (Fsp3) is 0.200. The van der Waals surface area contributed by atoms with E-state index in [1.807, 2.05) is 42.7 Å². The van der Waals surface area contributed by atoms with Crippen LogP contribution in [0.1, 0.15) is 16.7 Å². The van der Waals surface area contributed by atoms with Gasteiger partial charge in [0.1, 0.15) is 12.4 Å². The van der Waals surface area contributed by atoms with Gasteiger partial charge in [0.2, 0.25) is 5.91 Å². The number of nitrogens with zero attached hydrogens (tertiary/aromatic N) is 2. The molecule has 35 heavy (non-hydrogen) atoms. The van der Waals surface area contributed by atoms with Gasteiger partial charge in [0.15, 0.2) is 0 Å². The smallest absolute Gasteiger partial charge is 0.236 e. The van der Waals surface area contributed by atoms with E-state index in [1.54, 1.807) is 12.0 Å². The molecule has 0 saturated carbocycles. The maximum atomic E-state index is 13.0. The number of carbonyl (C=O) groups is 1. The van der Waals surface area contributed by atoms with Gasteiger partial charge in [0, 0.05) is 31.1 Å². The van der Waals surface area contributed by atoms with E-state index in [0.717, 1.165) is 40.9 Å². The van der Waals surface area contributed by atoms with Gasteiger partial charge in [0.25, 0.3) is 0 Å². The quantitative estimate of drug-likeness (QED) is 0.295. The van der Waals surface area contributed by atoms with Gasteiger partial charge >= 0.3 is 0 Å². The maximum Gasteiger partial charge on any atom is 0.236 e. The lowest BCUT2D eigenvalue weighted by atomic mass is 10.00. The first kappa shape index (κ1) is 22.8. The molecular formula is C30H28N2O3. The van der Waals surface area contributed by atoms with Gasteiger partial charge < -0.3 is 9.47 Å². The summed E-state index contributed by atoms with van der Waals surface area (Å²) < 4.78 is 10.8. The van der Waals surface area contributed by atoms with Crippen molar-refractivity contribution in [2.24, 2.45) is 0 Å². The molecule has 5 rings (SSSR count). The molecule has 3 aromatic carbocycles. The van der Waals surface area contributed by atoms with Gasteiger partial charge in [-0.05, 0) is 59.4 Å². The first-order valence-electron chi connectivity index (χ1n) is 11.9. The molecule has 0 unspecified atom stereocenters. The molecule has 1 aliphatic heterocycles. The van der Waals surface area contributed by atoms with E-state index < -0.39 is 0 Å². The van der Waals surface area contributed by atoms with E-state index in [-0.39, 0.29) is 5.91 Å². The van der Waals surface area contributed by atoms with Crippen molar-refractivity contribution in [2.45, 2.75) is 19.3 Å². The molecule has 5 nitrogen and oxygen atoms in total. The summed E-state index contributed by atoms with van der Waals surface area (Å²) in [5, 5.41) is 0. The largest absolute Gasteiger partial charge is 0.491 e. The fourth-order valence-electron chi connectivity index (χ4n) is 4.43. The van der Waals surface area contributed by atoms with Crippen molar-refractivity contribution in [1.29, 1.82) is 0 Å². The van der Waals surface area contributed by atoms with E-state index in [0.29, 0.717) is 25.4 Å². The van der Waals surface area contributed by atoms with Crippen molar-refractivity contribution in [2.75, 3.05) is 25.2 Å². The Morgan fingerprint density at radius 2 is 1.69 bits per heavy atom. The van der Waals surface area contributed by atoms with E-state index >= 15 is 0 Å². The van der Waals surface area contributed by atoms with Crippen molar-refractivity contribution in [3.8, 4) is 16.9 Å². The van der Waals surface area contributed by atoms with Crippen LogP contribution in [-0.4, -0.2) is 31.2 Å². The van der Waals surface area contributed by atoms with Crippen LogP contribution in [0.25, 0.3) is 11.1 Å². The number of anilines is 2. The van der Waals surface area contributed by atoms with Crippen LogP contribution in [0.15, 0.2) is 91.3 Å². The molecule has 1 amide bonds. The molecule has 0 bridgehead atoms. The zero-order valence-corrected chi connectivity index (χ0v) is 19.8. The highest BCUT2D eigenvalue weighted by atomic mass is 16.5. The number of methoxy groups -OCH3 is 1. The molecule has 0 saturated heterocycles. The van der Waals surface area contributed by atoms with Gasteiger partial charge in [-0.25, -0.2) is 0 Å². The number of hydrogen-bond donors (Lipinski definition) is 0. The van der Waals surface area contributed by atoms with Gasteiger partial charge in [-0.2, -0.15) is 0 Å². The van der Waals surface area contributed by atoms with E-state index in [4.69, 9.17) is 9.47 Å². The second-order valence-electron chi connectivity index (χ2n) is 8.66. The molecule has 0 spiro atoms. The van der Waals surface area contributed by atoms with E-state index in [2.05, 4.69) is 53.5 Å². The Hall–Kier alpha value is -3.96. The second-order valence-corrected chi connectivity index (χ2v) is 8.66. The SMILES string of the molecule is COCCOc1cccc(N2C(=O)Cc3ccc(-c4cncc(CCc5ccccc5)c4)cc32)c1. The van der Waals surface area contributed by atoms with Crippen LogP contribution in [0, 0.1) is 0 Å². The molecule has 2 heterocycles. The van der Waals surface area contributed by atoms with Crippen molar-refractivity contribution < 1.29 is 14.3 Å². The minimum atomic E-state index is 0.0564. The lowest BCUT2D eigenvalue weighted by Gasteiger charge is -2.19. The van der Waals surface area contributed by atoms with Crippen molar-refractivity contribution in [3.05, 3.63) is 108 Å². The zero-order valence-electron chi connectivity index (χ0n) is 19.8. The topological polar surface area (TPSA) is 51.7 Å².